The summed E-state index contributed by atoms with van der Waals surface area (Å²) in [7, 11) is 0. The van der Waals surface area contributed by atoms with Crippen LogP contribution < -0.4 is 14.8 Å². The van der Waals surface area contributed by atoms with Crippen LogP contribution in [0.15, 0.2) is 36.4 Å². The van der Waals surface area contributed by atoms with Crippen LogP contribution >= 0.6 is 0 Å². The first kappa shape index (κ1) is 18.4. The molecule has 0 bridgehead atoms. The van der Waals surface area contributed by atoms with Gasteiger partial charge >= 0.3 is 0 Å². The minimum absolute atomic E-state index is 0.258. The number of carbonyl (C=O) groups excluding carboxylic acids is 2. The van der Waals surface area contributed by atoms with Gasteiger partial charge in [0.05, 0.1) is 12.2 Å². The normalized spacial score (nSPS) is 10.2. The van der Waals surface area contributed by atoms with Gasteiger partial charge in [0.1, 0.15) is 17.3 Å². The molecule has 0 aliphatic rings. The van der Waals surface area contributed by atoms with Crippen molar-refractivity contribution in [1.82, 2.24) is 0 Å². The Morgan fingerprint density at radius 1 is 1.20 bits per heavy atom. The molecule has 132 valence electrons. The monoisotopic (exact) mass is 345 g/mol. The molecule has 25 heavy (non-hydrogen) atoms. The van der Waals surface area contributed by atoms with Crippen molar-refractivity contribution < 1.29 is 23.5 Å². The number of anilines is 1. The van der Waals surface area contributed by atoms with E-state index in [1.807, 2.05) is 6.92 Å². The maximum Gasteiger partial charge on any atom is 0.262 e. The van der Waals surface area contributed by atoms with E-state index >= 15 is 0 Å². The second-order valence-corrected chi connectivity index (χ2v) is 5.47. The number of benzene rings is 2. The van der Waals surface area contributed by atoms with E-state index in [1.165, 1.54) is 6.07 Å². The molecule has 0 heterocycles. The molecule has 0 aliphatic heterocycles. The van der Waals surface area contributed by atoms with E-state index in [0.29, 0.717) is 35.5 Å². The van der Waals surface area contributed by atoms with E-state index in [-0.39, 0.29) is 12.4 Å². The number of ether oxygens (including phenoxy) is 2. The topological polar surface area (TPSA) is 64.6 Å². The highest BCUT2D eigenvalue weighted by Crippen LogP contribution is 2.24. The number of carbonyl (C=O) groups is 2. The summed E-state index contributed by atoms with van der Waals surface area (Å²) in [5.74, 6) is -0.0416. The van der Waals surface area contributed by atoms with Gasteiger partial charge in [-0.2, -0.15) is 0 Å². The van der Waals surface area contributed by atoms with Crippen molar-refractivity contribution in [3.63, 3.8) is 0 Å². The van der Waals surface area contributed by atoms with Crippen LogP contribution in [0.2, 0.25) is 0 Å². The zero-order chi connectivity index (χ0) is 18.2. The van der Waals surface area contributed by atoms with Crippen molar-refractivity contribution in [3.8, 4) is 11.5 Å². The Balaban J connectivity index is 2.00. The summed E-state index contributed by atoms with van der Waals surface area (Å²) in [6.07, 6.45) is 1.49. The quantitative estimate of drug-likeness (QED) is 0.740. The van der Waals surface area contributed by atoms with E-state index in [0.717, 1.165) is 6.42 Å². The van der Waals surface area contributed by atoms with E-state index in [2.05, 4.69) is 5.32 Å². The number of rotatable bonds is 8. The van der Waals surface area contributed by atoms with Crippen molar-refractivity contribution in [2.24, 2.45) is 0 Å². The van der Waals surface area contributed by atoms with Crippen molar-refractivity contribution >= 4 is 17.9 Å². The largest absolute Gasteiger partial charge is 0.493 e. The molecule has 0 fully saturated rings. The number of amides is 1. The van der Waals surface area contributed by atoms with Crippen LogP contribution in [0.25, 0.3) is 0 Å². The molecule has 2 aromatic carbocycles. The van der Waals surface area contributed by atoms with Crippen molar-refractivity contribution in [3.05, 3.63) is 53.3 Å². The lowest BCUT2D eigenvalue weighted by atomic mass is 10.2. The van der Waals surface area contributed by atoms with E-state index in [4.69, 9.17) is 9.47 Å². The number of hydrogen-bond donors (Lipinski definition) is 1. The van der Waals surface area contributed by atoms with Gasteiger partial charge < -0.3 is 14.8 Å². The lowest BCUT2D eigenvalue weighted by Crippen LogP contribution is -2.20. The van der Waals surface area contributed by atoms with Crippen molar-refractivity contribution in [2.75, 3.05) is 18.5 Å². The standard InChI is InChI=1S/C19H20FNO4/c1-3-8-24-16-7-5-14(11-22)18(10-16)25-12-19(23)21-15-6-4-13(2)17(20)9-15/h4-7,9-11H,3,8,12H2,1-2H3,(H,21,23). The molecule has 5 nitrogen and oxygen atoms in total. The van der Waals surface area contributed by atoms with Gasteiger partial charge in [-0.15, -0.1) is 0 Å². The van der Waals surface area contributed by atoms with Gasteiger partial charge in [0.15, 0.2) is 12.9 Å². The zero-order valence-corrected chi connectivity index (χ0v) is 14.2. The molecule has 2 rings (SSSR count). The molecule has 0 saturated carbocycles. The molecule has 0 unspecified atom stereocenters. The molecule has 2 aromatic rings. The summed E-state index contributed by atoms with van der Waals surface area (Å²) < 4.78 is 24.4. The molecule has 6 heteroatoms. The molecule has 0 aliphatic carbocycles. The van der Waals surface area contributed by atoms with Crippen LogP contribution in [0.1, 0.15) is 29.3 Å². The predicted octanol–water partition coefficient (Wildman–Crippen LogP) is 3.75. The van der Waals surface area contributed by atoms with Crippen LogP contribution in [0, 0.1) is 12.7 Å². The van der Waals surface area contributed by atoms with E-state index in [1.54, 1.807) is 37.3 Å². The van der Waals surface area contributed by atoms with Crippen LogP contribution in [-0.4, -0.2) is 25.4 Å². The Morgan fingerprint density at radius 2 is 2.00 bits per heavy atom. The van der Waals surface area contributed by atoms with Gasteiger partial charge in [0.25, 0.3) is 5.91 Å². The molecule has 0 spiro atoms. The van der Waals surface area contributed by atoms with E-state index in [9.17, 15) is 14.0 Å². The minimum Gasteiger partial charge on any atom is -0.493 e. The summed E-state index contributed by atoms with van der Waals surface area (Å²) in [5, 5.41) is 2.54. The number of nitrogens with one attached hydrogen (secondary N) is 1. The van der Waals surface area contributed by atoms with Crippen LogP contribution in [0.3, 0.4) is 0 Å². The fourth-order valence-corrected chi connectivity index (χ4v) is 2.06. The van der Waals surface area contributed by atoms with E-state index < -0.39 is 11.7 Å². The predicted molar refractivity (Wildman–Crippen MR) is 92.9 cm³/mol. The second kappa shape index (κ2) is 8.82. The Morgan fingerprint density at radius 3 is 2.68 bits per heavy atom. The summed E-state index contributed by atoms with van der Waals surface area (Å²) in [4.78, 5) is 23.1. The lowest BCUT2D eigenvalue weighted by molar-refractivity contribution is -0.118. The Labute approximate surface area is 145 Å². The molecular formula is C19H20FNO4. The fraction of sp³-hybridized carbons (Fsp3) is 0.263. The smallest absolute Gasteiger partial charge is 0.262 e. The van der Waals surface area contributed by atoms with Gasteiger partial charge in [-0.1, -0.05) is 13.0 Å². The lowest BCUT2D eigenvalue weighted by Gasteiger charge is -2.11. The average molecular weight is 345 g/mol. The maximum atomic E-state index is 13.5. The third-order valence-electron chi connectivity index (χ3n) is 3.40. The Hall–Kier alpha value is -2.89. The van der Waals surface area contributed by atoms with Gasteiger partial charge in [-0.05, 0) is 43.2 Å². The SMILES string of the molecule is CCCOc1ccc(C=O)c(OCC(=O)Nc2ccc(C)c(F)c2)c1. The molecule has 0 atom stereocenters. The highest BCUT2D eigenvalue weighted by atomic mass is 19.1. The number of halogens is 1. The number of hydrogen-bond acceptors (Lipinski definition) is 4. The first-order valence-electron chi connectivity index (χ1n) is 7.94. The highest BCUT2D eigenvalue weighted by molar-refractivity contribution is 5.92. The summed E-state index contributed by atoms with van der Waals surface area (Å²) >= 11 is 0. The van der Waals surface area contributed by atoms with Crippen LogP contribution in [0.4, 0.5) is 10.1 Å². The maximum absolute atomic E-state index is 13.5. The van der Waals surface area contributed by atoms with Gasteiger partial charge in [-0.3, -0.25) is 9.59 Å². The molecule has 1 amide bonds. The zero-order valence-electron chi connectivity index (χ0n) is 14.2. The molecule has 1 N–H and O–H groups in total. The fourth-order valence-electron chi connectivity index (χ4n) is 2.06. The van der Waals surface area contributed by atoms with Crippen LogP contribution in [0.5, 0.6) is 11.5 Å². The summed E-state index contributed by atoms with van der Waals surface area (Å²) in [6, 6.07) is 9.22. The number of aryl methyl sites for hydroxylation is 1. The highest BCUT2D eigenvalue weighted by Gasteiger charge is 2.10. The third kappa shape index (κ3) is 5.31. The summed E-state index contributed by atoms with van der Waals surface area (Å²) in [5.41, 5.74) is 1.15. The molecule has 0 aromatic heterocycles. The number of aldehydes is 1. The van der Waals surface area contributed by atoms with Crippen molar-refractivity contribution in [2.45, 2.75) is 20.3 Å². The average Bonchev–Trinajstić information content (AvgIpc) is 2.61. The molecule has 0 radical (unpaired) electrons. The molecular weight excluding hydrogens is 325 g/mol. The first-order chi connectivity index (χ1) is 12.0. The first-order valence-corrected chi connectivity index (χ1v) is 7.94. The minimum atomic E-state index is -0.458. The van der Waals surface area contributed by atoms with Crippen LogP contribution in [-0.2, 0) is 4.79 Å². The summed E-state index contributed by atoms with van der Waals surface area (Å²) in [6.45, 7) is 3.85. The second-order valence-electron chi connectivity index (χ2n) is 5.47. The van der Waals surface area contributed by atoms with Gasteiger partial charge in [0.2, 0.25) is 0 Å². The van der Waals surface area contributed by atoms with Crippen molar-refractivity contribution in [1.29, 1.82) is 0 Å². The van der Waals surface area contributed by atoms with Gasteiger partial charge in [0, 0.05) is 11.8 Å². The Kier molecular flexibility index (Phi) is 6.51. The van der Waals surface area contributed by atoms with Gasteiger partial charge in [-0.25, -0.2) is 4.39 Å². The third-order valence-corrected chi connectivity index (χ3v) is 3.40. The molecule has 0 saturated heterocycles. The Bertz CT molecular complexity index is 761.